The molecule has 1 aromatic rings. The normalized spacial score (nSPS) is 13.4. The minimum atomic E-state index is 0.220. The molecule has 0 bridgehead atoms. The Morgan fingerprint density at radius 3 is 2.67 bits per heavy atom. The molecule has 1 unspecified atom stereocenters. The summed E-state index contributed by atoms with van der Waals surface area (Å²) in [5.74, 6) is 1.42. The van der Waals surface area contributed by atoms with Gasteiger partial charge in [-0.2, -0.15) is 0 Å². The molecule has 4 heteroatoms. The Labute approximate surface area is 99.0 Å². The van der Waals surface area contributed by atoms with Crippen LogP contribution in [0.2, 0.25) is 0 Å². The summed E-state index contributed by atoms with van der Waals surface area (Å²) in [5, 5.41) is 12.3. The highest BCUT2D eigenvalue weighted by molar-refractivity contribution is 9.10. The van der Waals surface area contributed by atoms with Crippen molar-refractivity contribution in [3.63, 3.8) is 0 Å². The maximum atomic E-state index is 8.92. The van der Waals surface area contributed by atoms with Gasteiger partial charge in [0, 0.05) is 12.6 Å². The third-order valence-corrected chi connectivity index (χ3v) is 2.84. The predicted molar refractivity (Wildman–Crippen MR) is 63.6 cm³/mol. The molecule has 1 atom stereocenters. The summed E-state index contributed by atoms with van der Waals surface area (Å²) in [6.45, 7) is 5.21. The van der Waals surface area contributed by atoms with Gasteiger partial charge in [-0.15, -0.1) is 0 Å². The number of aliphatic hydroxyl groups is 1. The van der Waals surface area contributed by atoms with Gasteiger partial charge in [0.1, 0.15) is 5.76 Å². The van der Waals surface area contributed by atoms with E-state index in [0.29, 0.717) is 18.5 Å². The molecule has 1 aromatic heterocycles. The number of furan rings is 1. The van der Waals surface area contributed by atoms with Crippen molar-refractivity contribution in [2.24, 2.45) is 5.92 Å². The van der Waals surface area contributed by atoms with Crippen molar-refractivity contribution >= 4 is 15.9 Å². The van der Waals surface area contributed by atoms with Gasteiger partial charge in [0.15, 0.2) is 4.67 Å². The smallest absolute Gasteiger partial charge is 0.169 e. The molecule has 0 fully saturated rings. The predicted octanol–water partition coefficient (Wildman–Crippen LogP) is 2.54. The summed E-state index contributed by atoms with van der Waals surface area (Å²) in [6.07, 6.45) is 0.777. The van der Waals surface area contributed by atoms with Gasteiger partial charge in [-0.3, -0.25) is 0 Å². The van der Waals surface area contributed by atoms with Crippen molar-refractivity contribution in [1.82, 2.24) is 5.32 Å². The van der Waals surface area contributed by atoms with Crippen LogP contribution in [0.1, 0.15) is 26.0 Å². The van der Waals surface area contributed by atoms with Crippen LogP contribution in [0.5, 0.6) is 0 Å². The minimum absolute atomic E-state index is 0.220. The zero-order valence-electron chi connectivity index (χ0n) is 9.16. The minimum Gasteiger partial charge on any atom is -0.453 e. The quantitative estimate of drug-likeness (QED) is 0.839. The van der Waals surface area contributed by atoms with Gasteiger partial charge in [0.2, 0.25) is 0 Å². The number of hydrogen-bond acceptors (Lipinski definition) is 3. The monoisotopic (exact) mass is 275 g/mol. The summed E-state index contributed by atoms with van der Waals surface area (Å²) in [4.78, 5) is 0. The molecular formula is C11H18BrNO2. The molecule has 2 N–H and O–H groups in total. The van der Waals surface area contributed by atoms with E-state index in [2.05, 4.69) is 35.1 Å². The van der Waals surface area contributed by atoms with Crippen LogP contribution in [0.25, 0.3) is 0 Å². The van der Waals surface area contributed by atoms with Gasteiger partial charge in [-0.1, -0.05) is 13.8 Å². The van der Waals surface area contributed by atoms with E-state index >= 15 is 0 Å². The maximum Gasteiger partial charge on any atom is 0.169 e. The van der Waals surface area contributed by atoms with Crippen molar-refractivity contribution < 1.29 is 9.52 Å². The lowest BCUT2D eigenvalue weighted by Crippen LogP contribution is -2.34. The molecule has 1 rings (SSSR count). The molecule has 3 nitrogen and oxygen atoms in total. The average molecular weight is 276 g/mol. The first-order valence-electron chi connectivity index (χ1n) is 5.22. The number of halogens is 1. The van der Waals surface area contributed by atoms with Crippen LogP contribution in [0.15, 0.2) is 21.2 Å². The fraction of sp³-hybridized carbons (Fsp3) is 0.636. The molecular weight excluding hydrogens is 258 g/mol. The van der Waals surface area contributed by atoms with E-state index in [1.54, 1.807) is 0 Å². The molecule has 0 saturated heterocycles. The number of nitrogens with one attached hydrogen (secondary N) is 1. The van der Waals surface area contributed by atoms with Gasteiger partial charge in [-0.25, -0.2) is 0 Å². The van der Waals surface area contributed by atoms with Gasteiger partial charge < -0.3 is 14.8 Å². The third kappa shape index (κ3) is 4.36. The maximum absolute atomic E-state index is 8.92. The van der Waals surface area contributed by atoms with Crippen LogP contribution in [-0.2, 0) is 6.54 Å². The zero-order valence-corrected chi connectivity index (χ0v) is 10.8. The lowest BCUT2D eigenvalue weighted by molar-refractivity contribution is 0.241. The van der Waals surface area contributed by atoms with Crippen LogP contribution in [0.4, 0.5) is 0 Å². The summed E-state index contributed by atoms with van der Waals surface area (Å²) in [7, 11) is 0. The number of aliphatic hydroxyl groups excluding tert-OH is 1. The molecule has 86 valence electrons. The molecule has 0 radical (unpaired) electrons. The summed E-state index contributed by atoms with van der Waals surface area (Å²) in [6, 6.07) is 4.15. The van der Waals surface area contributed by atoms with Crippen molar-refractivity contribution in [2.75, 3.05) is 6.61 Å². The van der Waals surface area contributed by atoms with E-state index in [4.69, 9.17) is 9.52 Å². The van der Waals surface area contributed by atoms with Gasteiger partial charge in [0.25, 0.3) is 0 Å². The standard InChI is InChI=1S/C11H18BrNO2/c1-8(2)10(5-6-14)13-7-9-3-4-11(12)15-9/h3-4,8,10,13-14H,5-7H2,1-2H3. The average Bonchev–Trinajstić information content (AvgIpc) is 2.58. The molecule has 0 aromatic carbocycles. The van der Waals surface area contributed by atoms with Crippen molar-refractivity contribution in [2.45, 2.75) is 32.9 Å². The Kier molecular flexibility index (Phi) is 5.36. The summed E-state index contributed by atoms with van der Waals surface area (Å²) in [5.41, 5.74) is 0. The first kappa shape index (κ1) is 12.7. The van der Waals surface area contributed by atoms with Gasteiger partial charge >= 0.3 is 0 Å². The van der Waals surface area contributed by atoms with Crippen molar-refractivity contribution in [1.29, 1.82) is 0 Å². The third-order valence-electron chi connectivity index (χ3n) is 2.41. The molecule has 0 saturated carbocycles. The zero-order chi connectivity index (χ0) is 11.3. The lowest BCUT2D eigenvalue weighted by atomic mass is 10.0. The number of hydrogen-bond donors (Lipinski definition) is 2. The number of rotatable bonds is 6. The van der Waals surface area contributed by atoms with Crippen molar-refractivity contribution in [3.05, 3.63) is 22.6 Å². The largest absolute Gasteiger partial charge is 0.453 e. The highest BCUT2D eigenvalue weighted by atomic mass is 79.9. The first-order chi connectivity index (χ1) is 7.13. The summed E-state index contributed by atoms with van der Waals surface area (Å²) < 4.78 is 6.14. The van der Waals surface area contributed by atoms with Gasteiger partial charge in [0.05, 0.1) is 6.54 Å². The first-order valence-corrected chi connectivity index (χ1v) is 6.01. The topological polar surface area (TPSA) is 45.4 Å². The summed E-state index contributed by atoms with van der Waals surface area (Å²) >= 11 is 3.26. The van der Waals surface area contributed by atoms with Crippen molar-refractivity contribution in [3.8, 4) is 0 Å². The second kappa shape index (κ2) is 6.30. The molecule has 0 aliphatic carbocycles. The highest BCUT2D eigenvalue weighted by Crippen LogP contribution is 2.14. The van der Waals surface area contributed by atoms with Crippen LogP contribution < -0.4 is 5.32 Å². The van der Waals surface area contributed by atoms with Crippen LogP contribution in [-0.4, -0.2) is 17.8 Å². The molecule has 15 heavy (non-hydrogen) atoms. The fourth-order valence-electron chi connectivity index (χ4n) is 1.49. The second-order valence-electron chi connectivity index (χ2n) is 3.95. The van der Waals surface area contributed by atoms with Crippen LogP contribution in [0.3, 0.4) is 0 Å². The Morgan fingerprint density at radius 2 is 2.20 bits per heavy atom. The van der Waals surface area contributed by atoms with E-state index in [9.17, 15) is 0 Å². The lowest BCUT2D eigenvalue weighted by Gasteiger charge is -2.20. The fourth-order valence-corrected chi connectivity index (χ4v) is 1.83. The van der Waals surface area contributed by atoms with E-state index in [1.165, 1.54) is 0 Å². The SMILES string of the molecule is CC(C)C(CCO)NCc1ccc(Br)o1. The van der Waals surface area contributed by atoms with Crippen LogP contribution >= 0.6 is 15.9 Å². The van der Waals surface area contributed by atoms with Gasteiger partial charge in [-0.05, 0) is 40.4 Å². The van der Waals surface area contributed by atoms with E-state index in [-0.39, 0.29) is 6.61 Å². The van der Waals surface area contributed by atoms with E-state index < -0.39 is 0 Å². The Bertz CT molecular complexity index is 286. The second-order valence-corrected chi connectivity index (χ2v) is 4.73. The Hall–Kier alpha value is -0.320. The molecule has 0 spiro atoms. The Balaban J connectivity index is 2.39. The van der Waals surface area contributed by atoms with E-state index in [0.717, 1.165) is 16.9 Å². The molecule has 0 aliphatic heterocycles. The highest BCUT2D eigenvalue weighted by Gasteiger charge is 2.12. The van der Waals surface area contributed by atoms with Crippen LogP contribution in [0, 0.1) is 5.92 Å². The Morgan fingerprint density at radius 1 is 1.47 bits per heavy atom. The molecule has 0 aliphatic rings. The molecule has 0 amide bonds. The molecule has 1 heterocycles. The van der Waals surface area contributed by atoms with E-state index in [1.807, 2.05) is 12.1 Å².